The fourth-order valence-electron chi connectivity index (χ4n) is 3.50. The maximum atomic E-state index is 12.8. The van der Waals surface area contributed by atoms with Crippen molar-refractivity contribution < 1.29 is 19.1 Å². The molecular weight excluding hydrogens is 490 g/mol. The van der Waals surface area contributed by atoms with Gasteiger partial charge in [0.25, 0.3) is 11.8 Å². The molecule has 8 heteroatoms. The second-order valence-electron chi connectivity index (χ2n) is 8.29. The fraction of sp³-hybridized carbons (Fsp3) is 0.207. The highest BCUT2D eigenvalue weighted by Gasteiger charge is 2.17. The van der Waals surface area contributed by atoms with Crippen molar-refractivity contribution in [3.63, 3.8) is 0 Å². The van der Waals surface area contributed by atoms with Crippen LogP contribution in [-0.2, 0) is 9.59 Å². The molecule has 0 aliphatic rings. The van der Waals surface area contributed by atoms with Gasteiger partial charge in [0.2, 0.25) is 0 Å². The van der Waals surface area contributed by atoms with Gasteiger partial charge in [-0.2, -0.15) is 5.26 Å². The molecule has 3 aromatic carbocycles. The Morgan fingerprint density at radius 2 is 1.68 bits per heavy atom. The van der Waals surface area contributed by atoms with Gasteiger partial charge in [-0.3, -0.25) is 9.59 Å². The molecule has 0 unspecified atom stereocenters. The minimum Gasteiger partial charge on any atom is -0.490 e. The number of para-hydroxylation sites is 1. The average molecular weight is 518 g/mol. The number of anilines is 2. The van der Waals surface area contributed by atoms with Crippen LogP contribution in [-0.4, -0.2) is 25.0 Å². The van der Waals surface area contributed by atoms with Crippen molar-refractivity contribution in [1.82, 2.24) is 0 Å². The SMILES string of the molecule is CCOc1cc(/C=C(/C#N)C(=O)Nc2cccc(C)c2C)cc(Cl)c1OCC(=O)Nc1ccccc1C. The number of carbonyl (C=O) groups is 2. The van der Waals surface area contributed by atoms with Gasteiger partial charge in [-0.25, -0.2) is 0 Å². The summed E-state index contributed by atoms with van der Waals surface area (Å²) in [7, 11) is 0. The Kier molecular flexibility index (Phi) is 9.31. The summed E-state index contributed by atoms with van der Waals surface area (Å²) in [6.45, 7) is 7.56. The first-order valence-corrected chi connectivity index (χ1v) is 12.0. The Balaban J connectivity index is 1.80. The van der Waals surface area contributed by atoms with Crippen LogP contribution >= 0.6 is 11.6 Å². The van der Waals surface area contributed by atoms with Crippen LogP contribution in [0.2, 0.25) is 5.02 Å². The van der Waals surface area contributed by atoms with E-state index in [0.717, 1.165) is 16.7 Å². The highest BCUT2D eigenvalue weighted by molar-refractivity contribution is 6.32. The van der Waals surface area contributed by atoms with Crippen LogP contribution in [0.5, 0.6) is 11.5 Å². The van der Waals surface area contributed by atoms with Gasteiger partial charge < -0.3 is 20.1 Å². The Morgan fingerprint density at radius 1 is 0.973 bits per heavy atom. The van der Waals surface area contributed by atoms with Crippen molar-refractivity contribution in [2.75, 3.05) is 23.8 Å². The summed E-state index contributed by atoms with van der Waals surface area (Å²) in [4.78, 5) is 25.2. The third kappa shape index (κ3) is 7.12. The average Bonchev–Trinajstić information content (AvgIpc) is 2.86. The van der Waals surface area contributed by atoms with E-state index < -0.39 is 5.91 Å². The fourth-order valence-corrected chi connectivity index (χ4v) is 3.78. The second kappa shape index (κ2) is 12.6. The van der Waals surface area contributed by atoms with Crippen LogP contribution in [0.4, 0.5) is 11.4 Å². The summed E-state index contributed by atoms with van der Waals surface area (Å²) in [5.74, 6) is -0.415. The van der Waals surface area contributed by atoms with Gasteiger partial charge >= 0.3 is 0 Å². The van der Waals surface area contributed by atoms with E-state index in [9.17, 15) is 14.9 Å². The first kappa shape index (κ1) is 27.3. The lowest BCUT2D eigenvalue weighted by Crippen LogP contribution is -2.21. The highest BCUT2D eigenvalue weighted by Crippen LogP contribution is 2.37. The number of halogens is 1. The van der Waals surface area contributed by atoms with Crippen molar-refractivity contribution in [3.05, 3.63) is 87.4 Å². The summed E-state index contributed by atoms with van der Waals surface area (Å²) in [5, 5.41) is 15.4. The van der Waals surface area contributed by atoms with Gasteiger partial charge in [0.15, 0.2) is 18.1 Å². The number of rotatable bonds is 9. The molecular formula is C29H28ClN3O4. The monoisotopic (exact) mass is 517 g/mol. The number of aryl methyl sites for hydroxylation is 2. The van der Waals surface area contributed by atoms with Crippen molar-refractivity contribution in [3.8, 4) is 17.6 Å². The summed E-state index contributed by atoms with van der Waals surface area (Å²) in [5.41, 5.74) is 4.56. The molecule has 0 aliphatic carbocycles. The van der Waals surface area contributed by atoms with E-state index in [4.69, 9.17) is 21.1 Å². The predicted octanol–water partition coefficient (Wildman–Crippen LogP) is 6.23. The number of hydrogen-bond acceptors (Lipinski definition) is 5. The predicted molar refractivity (Wildman–Crippen MR) is 146 cm³/mol. The highest BCUT2D eigenvalue weighted by atomic mass is 35.5. The molecule has 3 rings (SSSR count). The van der Waals surface area contributed by atoms with Crippen molar-refractivity contribution in [1.29, 1.82) is 5.26 Å². The van der Waals surface area contributed by atoms with Crippen LogP contribution in [0.1, 0.15) is 29.2 Å². The van der Waals surface area contributed by atoms with Crippen molar-refractivity contribution >= 4 is 40.9 Å². The second-order valence-corrected chi connectivity index (χ2v) is 8.69. The van der Waals surface area contributed by atoms with Crippen molar-refractivity contribution in [2.24, 2.45) is 0 Å². The zero-order valence-electron chi connectivity index (χ0n) is 21.1. The molecule has 0 fully saturated rings. The van der Waals surface area contributed by atoms with E-state index in [1.807, 2.05) is 57.2 Å². The Morgan fingerprint density at radius 3 is 2.38 bits per heavy atom. The molecule has 0 radical (unpaired) electrons. The van der Waals surface area contributed by atoms with Gasteiger partial charge in [-0.05, 0) is 80.3 Å². The maximum Gasteiger partial charge on any atom is 0.266 e. The zero-order valence-corrected chi connectivity index (χ0v) is 21.9. The Bertz CT molecular complexity index is 1390. The Hall–Kier alpha value is -4.28. The minimum atomic E-state index is -0.543. The lowest BCUT2D eigenvalue weighted by Gasteiger charge is -2.15. The first-order valence-electron chi connectivity index (χ1n) is 11.7. The van der Waals surface area contributed by atoms with Gasteiger partial charge in [-0.1, -0.05) is 41.9 Å². The number of benzene rings is 3. The third-order valence-electron chi connectivity index (χ3n) is 5.63. The van der Waals surface area contributed by atoms with E-state index in [1.165, 1.54) is 6.08 Å². The molecule has 3 aromatic rings. The molecule has 0 atom stereocenters. The molecule has 0 saturated carbocycles. The molecule has 0 heterocycles. The smallest absolute Gasteiger partial charge is 0.266 e. The molecule has 0 aliphatic heterocycles. The number of nitrogens with one attached hydrogen (secondary N) is 2. The summed E-state index contributed by atoms with van der Waals surface area (Å²) < 4.78 is 11.4. The molecule has 2 N–H and O–H groups in total. The third-order valence-corrected chi connectivity index (χ3v) is 5.91. The van der Waals surface area contributed by atoms with E-state index in [1.54, 1.807) is 31.2 Å². The normalized spacial score (nSPS) is 10.9. The van der Waals surface area contributed by atoms with E-state index in [2.05, 4.69) is 10.6 Å². The first-order chi connectivity index (χ1) is 17.7. The van der Waals surface area contributed by atoms with Gasteiger partial charge in [0, 0.05) is 11.4 Å². The van der Waals surface area contributed by atoms with Crippen LogP contribution in [0, 0.1) is 32.1 Å². The summed E-state index contributed by atoms with van der Waals surface area (Å²) in [6.07, 6.45) is 1.42. The van der Waals surface area contributed by atoms with Crippen LogP contribution in [0.25, 0.3) is 6.08 Å². The van der Waals surface area contributed by atoms with Gasteiger partial charge in [0.05, 0.1) is 11.6 Å². The number of nitrogens with zero attached hydrogens (tertiary/aromatic N) is 1. The number of carbonyl (C=O) groups excluding carboxylic acids is 2. The largest absolute Gasteiger partial charge is 0.490 e. The van der Waals surface area contributed by atoms with Gasteiger partial charge in [0.1, 0.15) is 11.6 Å². The molecule has 2 amide bonds. The minimum absolute atomic E-state index is 0.106. The molecule has 190 valence electrons. The standard InChI is InChI=1S/C29H28ClN3O4/c1-5-36-26-15-21(13-22(16-31)29(35)33-25-12-8-10-18(2)20(25)4)14-23(30)28(26)37-17-27(34)32-24-11-7-6-9-19(24)3/h6-15H,5,17H2,1-4H3,(H,32,34)(H,33,35)/b22-13-. The van der Waals surface area contributed by atoms with E-state index >= 15 is 0 Å². The van der Waals surface area contributed by atoms with E-state index in [0.29, 0.717) is 23.5 Å². The Labute approximate surface area is 221 Å². The van der Waals surface area contributed by atoms with Crippen LogP contribution in [0.3, 0.4) is 0 Å². The lowest BCUT2D eigenvalue weighted by molar-refractivity contribution is -0.118. The van der Waals surface area contributed by atoms with Crippen LogP contribution < -0.4 is 20.1 Å². The van der Waals surface area contributed by atoms with Crippen molar-refractivity contribution in [2.45, 2.75) is 27.7 Å². The maximum absolute atomic E-state index is 12.8. The summed E-state index contributed by atoms with van der Waals surface area (Å²) >= 11 is 6.46. The number of amides is 2. The zero-order chi connectivity index (χ0) is 26.9. The molecule has 0 bridgehead atoms. The summed E-state index contributed by atoms with van der Waals surface area (Å²) in [6, 6.07) is 18.1. The van der Waals surface area contributed by atoms with E-state index in [-0.39, 0.29) is 34.6 Å². The lowest BCUT2D eigenvalue weighted by atomic mass is 10.1. The molecule has 7 nitrogen and oxygen atoms in total. The number of hydrogen-bond donors (Lipinski definition) is 2. The quantitative estimate of drug-likeness (QED) is 0.259. The number of ether oxygens (including phenoxy) is 2. The topological polar surface area (TPSA) is 100 Å². The molecule has 37 heavy (non-hydrogen) atoms. The van der Waals surface area contributed by atoms with Gasteiger partial charge in [-0.15, -0.1) is 0 Å². The number of nitriles is 1. The van der Waals surface area contributed by atoms with Crippen LogP contribution in [0.15, 0.2) is 60.2 Å². The molecule has 0 saturated heterocycles. The molecule has 0 spiro atoms. The molecule has 0 aromatic heterocycles.